The van der Waals surface area contributed by atoms with Crippen LogP contribution in [0, 0.1) is 12.7 Å². The quantitative estimate of drug-likeness (QED) is 0.824. The van der Waals surface area contributed by atoms with E-state index in [-0.39, 0.29) is 11.6 Å². The molecule has 0 aliphatic rings. The van der Waals surface area contributed by atoms with Gasteiger partial charge in [-0.15, -0.1) is 0 Å². The van der Waals surface area contributed by atoms with Gasteiger partial charge in [0.2, 0.25) is 0 Å². The number of phenols is 1. The second kappa shape index (κ2) is 6.80. The van der Waals surface area contributed by atoms with E-state index in [1.54, 1.807) is 12.1 Å². The number of phenolic OH excluding ortho intramolecular Hbond substituents is 1. The zero-order valence-electron chi connectivity index (χ0n) is 11.9. The zero-order valence-corrected chi connectivity index (χ0v) is 13.5. The molecule has 0 fully saturated rings. The first-order valence-electron chi connectivity index (χ1n) is 6.66. The van der Waals surface area contributed by atoms with Crippen molar-refractivity contribution in [3.8, 4) is 11.5 Å². The number of nitrogens with one attached hydrogen (secondary N) is 1. The molecule has 0 unspecified atom stereocenters. The molecule has 0 spiro atoms. The van der Waals surface area contributed by atoms with Gasteiger partial charge in [0, 0.05) is 17.8 Å². The second-order valence-corrected chi connectivity index (χ2v) is 5.49. The predicted molar refractivity (Wildman–Crippen MR) is 85.4 cm³/mol. The fraction of sp³-hybridized carbons (Fsp3) is 0.250. The molecular weight excluding hydrogens is 337 g/mol. The summed E-state index contributed by atoms with van der Waals surface area (Å²) in [4.78, 5) is 0. The van der Waals surface area contributed by atoms with Crippen molar-refractivity contribution in [2.24, 2.45) is 0 Å². The Labute approximate surface area is 131 Å². The smallest absolute Gasteiger partial charge is 0.162 e. The van der Waals surface area contributed by atoms with Crippen LogP contribution in [0.5, 0.6) is 11.5 Å². The largest absolute Gasteiger partial charge is 0.504 e. The maximum absolute atomic E-state index is 13.4. The number of benzene rings is 2. The first-order chi connectivity index (χ1) is 10.0. The molecular formula is C16H17BrFNO2. The van der Waals surface area contributed by atoms with Crippen molar-refractivity contribution in [1.82, 2.24) is 0 Å². The standard InChI is InChI=1S/C16H17BrFNO2/c1-3-21-15-6-4-5-11(16(15)20)9-19-14-8-12(17)13(18)7-10(14)2/h4-8,19-20H,3,9H2,1-2H3. The Kier molecular flexibility index (Phi) is 5.07. The summed E-state index contributed by atoms with van der Waals surface area (Å²) >= 11 is 3.17. The third kappa shape index (κ3) is 3.67. The molecule has 2 aromatic carbocycles. The number of halogens is 2. The Balaban J connectivity index is 2.17. The predicted octanol–water partition coefficient (Wildman–Crippen LogP) is 4.61. The normalized spacial score (nSPS) is 10.5. The van der Waals surface area contributed by atoms with Gasteiger partial charge < -0.3 is 15.2 Å². The Morgan fingerprint density at radius 3 is 2.81 bits per heavy atom. The van der Waals surface area contributed by atoms with Crippen LogP contribution in [0.2, 0.25) is 0 Å². The van der Waals surface area contributed by atoms with Crippen LogP contribution in [-0.2, 0) is 6.54 Å². The minimum Gasteiger partial charge on any atom is -0.504 e. The molecule has 0 radical (unpaired) electrons. The first kappa shape index (κ1) is 15.6. The third-order valence-corrected chi connectivity index (χ3v) is 3.73. The number of anilines is 1. The fourth-order valence-electron chi connectivity index (χ4n) is 2.01. The van der Waals surface area contributed by atoms with Crippen molar-refractivity contribution < 1.29 is 14.2 Å². The average Bonchev–Trinajstić information content (AvgIpc) is 2.45. The van der Waals surface area contributed by atoms with Gasteiger partial charge >= 0.3 is 0 Å². The van der Waals surface area contributed by atoms with E-state index in [2.05, 4.69) is 21.2 Å². The van der Waals surface area contributed by atoms with Crippen molar-refractivity contribution >= 4 is 21.6 Å². The lowest BCUT2D eigenvalue weighted by Gasteiger charge is -2.13. The Hall–Kier alpha value is -1.75. The minimum absolute atomic E-state index is 0.130. The number of hydrogen-bond donors (Lipinski definition) is 2. The van der Waals surface area contributed by atoms with Gasteiger partial charge in [-0.1, -0.05) is 12.1 Å². The van der Waals surface area contributed by atoms with E-state index < -0.39 is 0 Å². The molecule has 2 N–H and O–H groups in total. The highest BCUT2D eigenvalue weighted by molar-refractivity contribution is 9.10. The van der Waals surface area contributed by atoms with E-state index in [0.29, 0.717) is 23.4 Å². The molecule has 3 nitrogen and oxygen atoms in total. The van der Waals surface area contributed by atoms with Gasteiger partial charge in [0.05, 0.1) is 11.1 Å². The highest BCUT2D eigenvalue weighted by Gasteiger charge is 2.09. The van der Waals surface area contributed by atoms with Gasteiger partial charge in [-0.2, -0.15) is 0 Å². The van der Waals surface area contributed by atoms with Crippen molar-refractivity contribution in [1.29, 1.82) is 0 Å². The Morgan fingerprint density at radius 2 is 2.10 bits per heavy atom. The lowest BCUT2D eigenvalue weighted by Crippen LogP contribution is -2.03. The molecule has 0 atom stereocenters. The summed E-state index contributed by atoms with van der Waals surface area (Å²) in [5.74, 6) is 0.304. The van der Waals surface area contributed by atoms with Crippen LogP contribution in [0.4, 0.5) is 10.1 Å². The van der Waals surface area contributed by atoms with E-state index in [1.165, 1.54) is 6.07 Å². The Morgan fingerprint density at radius 1 is 1.33 bits per heavy atom. The molecule has 112 valence electrons. The van der Waals surface area contributed by atoms with Gasteiger partial charge in [0.15, 0.2) is 11.5 Å². The number of aryl methyl sites for hydroxylation is 1. The van der Waals surface area contributed by atoms with Gasteiger partial charge in [-0.3, -0.25) is 0 Å². The molecule has 21 heavy (non-hydrogen) atoms. The van der Waals surface area contributed by atoms with E-state index in [9.17, 15) is 9.50 Å². The molecule has 0 bridgehead atoms. The number of rotatable bonds is 5. The molecule has 0 saturated heterocycles. The average molecular weight is 354 g/mol. The van der Waals surface area contributed by atoms with Gasteiger partial charge in [0.25, 0.3) is 0 Å². The number of para-hydroxylation sites is 1. The number of hydrogen-bond acceptors (Lipinski definition) is 3. The number of aromatic hydroxyl groups is 1. The molecule has 0 heterocycles. The molecule has 0 amide bonds. The van der Waals surface area contributed by atoms with Crippen molar-refractivity contribution in [3.05, 3.63) is 51.7 Å². The van der Waals surface area contributed by atoms with Crippen LogP contribution in [-0.4, -0.2) is 11.7 Å². The van der Waals surface area contributed by atoms with Crippen molar-refractivity contribution in [3.63, 3.8) is 0 Å². The summed E-state index contributed by atoms with van der Waals surface area (Å²) in [5.41, 5.74) is 2.33. The summed E-state index contributed by atoms with van der Waals surface area (Å²) in [6.07, 6.45) is 0. The lowest BCUT2D eigenvalue weighted by atomic mass is 10.1. The fourth-order valence-corrected chi connectivity index (χ4v) is 2.35. The second-order valence-electron chi connectivity index (χ2n) is 4.63. The molecule has 2 aromatic rings. The molecule has 0 aliphatic carbocycles. The summed E-state index contributed by atoms with van der Waals surface area (Å²) in [6, 6.07) is 8.52. The van der Waals surface area contributed by atoms with Crippen LogP contribution in [0.1, 0.15) is 18.1 Å². The Bertz CT molecular complexity index is 646. The van der Waals surface area contributed by atoms with E-state index in [0.717, 1.165) is 16.8 Å². The van der Waals surface area contributed by atoms with Crippen LogP contribution in [0.25, 0.3) is 0 Å². The van der Waals surface area contributed by atoms with Gasteiger partial charge in [-0.25, -0.2) is 4.39 Å². The van der Waals surface area contributed by atoms with Gasteiger partial charge in [0.1, 0.15) is 5.82 Å². The molecule has 0 aromatic heterocycles. The minimum atomic E-state index is -0.292. The van der Waals surface area contributed by atoms with E-state index in [4.69, 9.17) is 4.74 Å². The van der Waals surface area contributed by atoms with E-state index >= 15 is 0 Å². The van der Waals surface area contributed by atoms with Crippen molar-refractivity contribution in [2.45, 2.75) is 20.4 Å². The van der Waals surface area contributed by atoms with E-state index in [1.807, 2.05) is 26.0 Å². The lowest BCUT2D eigenvalue weighted by molar-refractivity contribution is 0.317. The van der Waals surface area contributed by atoms with Crippen LogP contribution in [0.15, 0.2) is 34.8 Å². The van der Waals surface area contributed by atoms with Gasteiger partial charge in [-0.05, 0) is 53.5 Å². The molecule has 0 aliphatic heterocycles. The van der Waals surface area contributed by atoms with Crippen LogP contribution < -0.4 is 10.1 Å². The number of ether oxygens (including phenoxy) is 1. The zero-order chi connectivity index (χ0) is 15.4. The van der Waals surface area contributed by atoms with Crippen LogP contribution in [0.3, 0.4) is 0 Å². The molecule has 0 saturated carbocycles. The maximum atomic E-state index is 13.4. The first-order valence-corrected chi connectivity index (χ1v) is 7.45. The molecule has 2 rings (SSSR count). The molecule has 5 heteroatoms. The topological polar surface area (TPSA) is 41.5 Å². The summed E-state index contributed by atoms with van der Waals surface area (Å²) in [6.45, 7) is 4.61. The summed E-state index contributed by atoms with van der Waals surface area (Å²) < 4.78 is 19.2. The maximum Gasteiger partial charge on any atom is 0.162 e. The summed E-state index contributed by atoms with van der Waals surface area (Å²) in [7, 11) is 0. The monoisotopic (exact) mass is 353 g/mol. The van der Waals surface area contributed by atoms with Crippen LogP contribution >= 0.6 is 15.9 Å². The highest BCUT2D eigenvalue weighted by atomic mass is 79.9. The summed E-state index contributed by atoms with van der Waals surface area (Å²) in [5, 5.41) is 13.3. The highest BCUT2D eigenvalue weighted by Crippen LogP contribution is 2.31. The SMILES string of the molecule is CCOc1cccc(CNc2cc(Br)c(F)cc2C)c1O. The third-order valence-electron chi connectivity index (χ3n) is 3.12. The van der Waals surface area contributed by atoms with Crippen molar-refractivity contribution in [2.75, 3.05) is 11.9 Å².